The second kappa shape index (κ2) is 4.65. The van der Waals surface area contributed by atoms with Crippen LogP contribution in [0.25, 0.3) is 11.2 Å². The monoisotopic (exact) mass is 239 g/mol. The van der Waals surface area contributed by atoms with Crippen LogP contribution in [0.15, 0.2) is 6.33 Å². The maximum Gasteiger partial charge on any atom is 0.226 e. The number of anilines is 1. The Morgan fingerprint density at radius 3 is 3.06 bits per heavy atom. The summed E-state index contributed by atoms with van der Waals surface area (Å²) in [6.07, 6.45) is 2.71. The maximum atomic E-state index is 5.81. The quantitative estimate of drug-likeness (QED) is 0.805. The lowest BCUT2D eigenvalue weighted by Crippen LogP contribution is -2.12. The van der Waals surface area contributed by atoms with Crippen LogP contribution in [0.5, 0.6) is 0 Å². The number of fused-ring (bicyclic) bond motifs is 1. The van der Waals surface area contributed by atoms with Gasteiger partial charge in [-0.1, -0.05) is 20.3 Å². The van der Waals surface area contributed by atoms with Crippen molar-refractivity contribution in [2.45, 2.75) is 20.3 Å². The normalized spacial score (nSPS) is 12.9. The third-order valence-electron chi connectivity index (χ3n) is 2.57. The van der Waals surface area contributed by atoms with Crippen LogP contribution in [0.2, 0.25) is 5.28 Å². The summed E-state index contributed by atoms with van der Waals surface area (Å²) in [4.78, 5) is 15.2. The molecule has 2 N–H and O–H groups in total. The smallest absolute Gasteiger partial charge is 0.226 e. The van der Waals surface area contributed by atoms with Crippen LogP contribution in [0.4, 0.5) is 5.82 Å². The Labute approximate surface area is 98.7 Å². The molecule has 0 aliphatic rings. The molecule has 2 heterocycles. The summed E-state index contributed by atoms with van der Waals surface area (Å²) in [5.74, 6) is 1.31. The summed E-state index contributed by atoms with van der Waals surface area (Å²) in [6, 6.07) is 0. The van der Waals surface area contributed by atoms with Gasteiger partial charge in [0.25, 0.3) is 0 Å². The van der Waals surface area contributed by atoms with Gasteiger partial charge in [-0.3, -0.25) is 0 Å². The fraction of sp³-hybridized carbons (Fsp3) is 0.500. The van der Waals surface area contributed by atoms with Crippen molar-refractivity contribution in [2.75, 3.05) is 11.9 Å². The van der Waals surface area contributed by atoms with Gasteiger partial charge in [-0.15, -0.1) is 0 Å². The predicted octanol–water partition coefficient (Wildman–Crippen LogP) is 2.46. The lowest BCUT2D eigenvalue weighted by Gasteiger charge is -2.10. The molecule has 6 heteroatoms. The number of nitrogens with zero attached hydrogens (tertiary/aromatic N) is 3. The zero-order valence-electron chi connectivity index (χ0n) is 9.29. The van der Waals surface area contributed by atoms with E-state index >= 15 is 0 Å². The molecule has 0 aromatic carbocycles. The summed E-state index contributed by atoms with van der Waals surface area (Å²) in [7, 11) is 0. The van der Waals surface area contributed by atoms with E-state index in [1.807, 2.05) is 0 Å². The fourth-order valence-electron chi connectivity index (χ4n) is 1.35. The third-order valence-corrected chi connectivity index (χ3v) is 2.74. The van der Waals surface area contributed by atoms with Crippen molar-refractivity contribution >= 4 is 28.6 Å². The Morgan fingerprint density at radius 2 is 2.31 bits per heavy atom. The van der Waals surface area contributed by atoms with E-state index in [1.54, 1.807) is 6.33 Å². The zero-order valence-corrected chi connectivity index (χ0v) is 10.0. The maximum absolute atomic E-state index is 5.81. The zero-order chi connectivity index (χ0) is 11.5. The Kier molecular flexibility index (Phi) is 3.24. The number of H-pyrrole nitrogens is 1. The van der Waals surface area contributed by atoms with Gasteiger partial charge in [-0.05, 0) is 17.5 Å². The number of rotatable bonds is 4. The Bertz CT molecular complexity index is 481. The SMILES string of the molecule is CCC(C)CNc1nc(Cl)nc2nc[nH]c12. The molecular formula is C10H14ClN5. The Morgan fingerprint density at radius 1 is 1.50 bits per heavy atom. The summed E-state index contributed by atoms with van der Waals surface area (Å²) in [5, 5.41) is 3.47. The molecule has 16 heavy (non-hydrogen) atoms. The molecule has 0 radical (unpaired) electrons. The van der Waals surface area contributed by atoms with Gasteiger partial charge < -0.3 is 10.3 Å². The largest absolute Gasteiger partial charge is 0.368 e. The van der Waals surface area contributed by atoms with Crippen LogP contribution < -0.4 is 5.32 Å². The first-order chi connectivity index (χ1) is 7.70. The number of hydrogen-bond donors (Lipinski definition) is 2. The van der Waals surface area contributed by atoms with E-state index in [4.69, 9.17) is 11.6 Å². The molecule has 1 atom stereocenters. The van der Waals surface area contributed by atoms with Gasteiger partial charge in [0.1, 0.15) is 5.52 Å². The van der Waals surface area contributed by atoms with E-state index < -0.39 is 0 Å². The summed E-state index contributed by atoms with van der Waals surface area (Å²) < 4.78 is 0. The minimum atomic E-state index is 0.214. The van der Waals surface area contributed by atoms with E-state index in [2.05, 4.69) is 39.1 Å². The van der Waals surface area contributed by atoms with Crippen molar-refractivity contribution in [3.63, 3.8) is 0 Å². The van der Waals surface area contributed by atoms with Gasteiger partial charge in [0.2, 0.25) is 5.28 Å². The molecule has 2 rings (SSSR count). The first kappa shape index (κ1) is 11.1. The van der Waals surface area contributed by atoms with Crippen molar-refractivity contribution < 1.29 is 0 Å². The molecule has 0 aliphatic carbocycles. The van der Waals surface area contributed by atoms with Crippen molar-refractivity contribution in [3.05, 3.63) is 11.6 Å². The molecule has 5 nitrogen and oxygen atoms in total. The lowest BCUT2D eigenvalue weighted by atomic mass is 10.1. The van der Waals surface area contributed by atoms with Crippen molar-refractivity contribution in [1.29, 1.82) is 0 Å². The average molecular weight is 240 g/mol. The first-order valence-electron chi connectivity index (χ1n) is 5.31. The molecule has 0 amide bonds. The van der Waals surface area contributed by atoms with E-state index in [0.717, 1.165) is 18.5 Å². The van der Waals surface area contributed by atoms with Gasteiger partial charge in [-0.25, -0.2) is 4.98 Å². The summed E-state index contributed by atoms with van der Waals surface area (Å²) in [6.45, 7) is 5.20. The number of imidazole rings is 1. The lowest BCUT2D eigenvalue weighted by molar-refractivity contribution is 0.592. The van der Waals surface area contributed by atoms with Crippen LogP contribution in [-0.2, 0) is 0 Å². The minimum absolute atomic E-state index is 0.214. The molecule has 2 aromatic heterocycles. The summed E-state index contributed by atoms with van der Waals surface area (Å²) >= 11 is 5.81. The highest BCUT2D eigenvalue weighted by Gasteiger charge is 2.09. The molecule has 0 spiro atoms. The molecule has 0 bridgehead atoms. The molecule has 1 unspecified atom stereocenters. The Balaban J connectivity index is 2.25. The van der Waals surface area contributed by atoms with E-state index in [0.29, 0.717) is 17.4 Å². The van der Waals surface area contributed by atoms with Crippen molar-refractivity contribution in [3.8, 4) is 0 Å². The van der Waals surface area contributed by atoms with Crippen molar-refractivity contribution in [2.24, 2.45) is 5.92 Å². The molecule has 0 fully saturated rings. The molecule has 0 saturated carbocycles. The average Bonchev–Trinajstić information content (AvgIpc) is 2.73. The molecule has 86 valence electrons. The standard InChI is InChI=1S/C10H14ClN5/c1-3-6(2)4-12-8-7-9(14-5-13-7)16-10(11)15-8/h5-6H,3-4H2,1-2H3,(H2,12,13,14,15,16). The van der Waals surface area contributed by atoms with Gasteiger partial charge in [-0.2, -0.15) is 9.97 Å². The predicted molar refractivity (Wildman–Crippen MR) is 64.6 cm³/mol. The van der Waals surface area contributed by atoms with Crippen LogP contribution in [-0.4, -0.2) is 26.5 Å². The molecular weight excluding hydrogens is 226 g/mol. The van der Waals surface area contributed by atoms with E-state index in [1.165, 1.54) is 0 Å². The van der Waals surface area contributed by atoms with E-state index in [9.17, 15) is 0 Å². The number of aromatic nitrogens is 4. The molecule has 0 saturated heterocycles. The highest BCUT2D eigenvalue weighted by molar-refractivity contribution is 6.28. The van der Waals surface area contributed by atoms with Crippen LogP contribution in [0.1, 0.15) is 20.3 Å². The molecule has 2 aromatic rings. The van der Waals surface area contributed by atoms with Crippen LogP contribution in [0.3, 0.4) is 0 Å². The number of hydrogen-bond acceptors (Lipinski definition) is 4. The highest BCUT2D eigenvalue weighted by atomic mass is 35.5. The second-order valence-corrected chi connectivity index (χ2v) is 4.17. The fourth-order valence-corrected chi connectivity index (χ4v) is 1.51. The van der Waals surface area contributed by atoms with Gasteiger partial charge in [0.05, 0.1) is 6.33 Å². The first-order valence-corrected chi connectivity index (χ1v) is 5.69. The van der Waals surface area contributed by atoms with Crippen LogP contribution >= 0.6 is 11.6 Å². The van der Waals surface area contributed by atoms with Gasteiger partial charge in [0.15, 0.2) is 11.5 Å². The number of aromatic amines is 1. The topological polar surface area (TPSA) is 66.5 Å². The van der Waals surface area contributed by atoms with Crippen molar-refractivity contribution in [1.82, 2.24) is 19.9 Å². The van der Waals surface area contributed by atoms with E-state index in [-0.39, 0.29) is 5.28 Å². The number of nitrogens with one attached hydrogen (secondary N) is 2. The Hall–Kier alpha value is -1.36. The third kappa shape index (κ3) is 2.24. The second-order valence-electron chi connectivity index (χ2n) is 3.84. The highest BCUT2D eigenvalue weighted by Crippen LogP contribution is 2.18. The van der Waals surface area contributed by atoms with Crippen LogP contribution in [0, 0.1) is 5.92 Å². The minimum Gasteiger partial charge on any atom is -0.368 e. The van der Waals surface area contributed by atoms with Gasteiger partial charge in [0, 0.05) is 6.54 Å². The van der Waals surface area contributed by atoms with Gasteiger partial charge >= 0.3 is 0 Å². The molecule has 0 aliphatic heterocycles. The number of halogens is 1. The summed E-state index contributed by atoms with van der Waals surface area (Å²) in [5.41, 5.74) is 1.39.